The second-order valence-corrected chi connectivity index (χ2v) is 7.87. The Labute approximate surface area is 191 Å². The largest absolute Gasteiger partial charge is 0.345 e. The summed E-state index contributed by atoms with van der Waals surface area (Å²) in [5, 5.41) is 7.39. The van der Waals surface area contributed by atoms with Crippen molar-refractivity contribution in [3.8, 4) is 17.1 Å². The number of carbonyl (C=O) groups is 2. The zero-order chi connectivity index (χ0) is 22.6. The van der Waals surface area contributed by atoms with Crippen LogP contribution in [0.1, 0.15) is 29.0 Å². The van der Waals surface area contributed by atoms with Gasteiger partial charge in [-0.1, -0.05) is 60.7 Å². The molecule has 2 heterocycles. The third kappa shape index (κ3) is 4.39. The predicted molar refractivity (Wildman–Crippen MR) is 126 cm³/mol. The Morgan fingerprint density at radius 2 is 1.58 bits per heavy atom. The summed E-state index contributed by atoms with van der Waals surface area (Å²) in [7, 11) is 0. The lowest BCUT2D eigenvalue weighted by molar-refractivity contribution is -0.117. The maximum absolute atomic E-state index is 12.9. The summed E-state index contributed by atoms with van der Waals surface area (Å²) in [6, 6.07) is 27.0. The molecule has 1 aromatic heterocycles. The van der Waals surface area contributed by atoms with Crippen molar-refractivity contribution in [2.45, 2.75) is 19.4 Å². The second kappa shape index (κ2) is 9.08. The molecule has 0 bridgehead atoms. The van der Waals surface area contributed by atoms with Crippen molar-refractivity contribution in [3.63, 3.8) is 0 Å². The van der Waals surface area contributed by atoms with Crippen molar-refractivity contribution in [2.75, 3.05) is 11.4 Å². The highest BCUT2D eigenvalue weighted by molar-refractivity contribution is 5.95. The van der Waals surface area contributed by atoms with Gasteiger partial charge in [0, 0.05) is 30.8 Å². The zero-order valence-corrected chi connectivity index (χ0v) is 18.0. The van der Waals surface area contributed by atoms with Gasteiger partial charge in [-0.3, -0.25) is 9.59 Å². The molecule has 1 aliphatic heterocycles. The van der Waals surface area contributed by atoms with Gasteiger partial charge in [-0.05, 0) is 36.2 Å². The molecule has 7 heteroatoms. The molecule has 1 aliphatic rings. The van der Waals surface area contributed by atoms with Crippen LogP contribution in [0, 0.1) is 0 Å². The molecule has 5 rings (SSSR count). The van der Waals surface area contributed by atoms with Crippen LogP contribution in [0.15, 0.2) is 84.9 Å². The molecule has 7 nitrogen and oxygen atoms in total. The maximum atomic E-state index is 12.9. The molecule has 1 saturated heterocycles. The van der Waals surface area contributed by atoms with Crippen LogP contribution < -0.4 is 10.2 Å². The van der Waals surface area contributed by atoms with Crippen molar-refractivity contribution >= 4 is 17.5 Å². The van der Waals surface area contributed by atoms with E-state index in [-0.39, 0.29) is 17.6 Å². The lowest BCUT2D eigenvalue weighted by Crippen LogP contribution is -2.25. The highest BCUT2D eigenvalue weighted by atomic mass is 16.2. The van der Waals surface area contributed by atoms with E-state index in [0.717, 1.165) is 35.5 Å². The van der Waals surface area contributed by atoms with Gasteiger partial charge in [0.2, 0.25) is 11.7 Å². The van der Waals surface area contributed by atoms with E-state index in [1.807, 2.05) is 84.9 Å². The fourth-order valence-corrected chi connectivity index (χ4v) is 3.91. The minimum absolute atomic E-state index is 0.108. The third-order valence-corrected chi connectivity index (χ3v) is 5.62. The molecular formula is C26H23N5O2. The lowest BCUT2D eigenvalue weighted by atomic mass is 10.2. The molecule has 3 aromatic carbocycles. The number of anilines is 1. The second-order valence-electron chi connectivity index (χ2n) is 7.87. The zero-order valence-electron chi connectivity index (χ0n) is 18.0. The molecule has 1 N–H and O–H groups in total. The minimum atomic E-state index is -0.347. The number of aromatic nitrogens is 3. The first kappa shape index (κ1) is 20.6. The molecule has 2 amide bonds. The van der Waals surface area contributed by atoms with Crippen LogP contribution >= 0.6 is 0 Å². The average molecular weight is 438 g/mol. The predicted octanol–water partition coefficient (Wildman–Crippen LogP) is 3.99. The summed E-state index contributed by atoms with van der Waals surface area (Å²) in [6.07, 6.45) is 1.50. The number of carbonyl (C=O) groups excluding carboxylic acids is 2. The van der Waals surface area contributed by atoms with Crippen LogP contribution in [0.3, 0.4) is 0 Å². The van der Waals surface area contributed by atoms with Crippen molar-refractivity contribution < 1.29 is 9.59 Å². The number of hydrogen-bond acceptors (Lipinski definition) is 4. The van der Waals surface area contributed by atoms with Crippen molar-refractivity contribution in [2.24, 2.45) is 0 Å². The normalized spacial score (nSPS) is 13.3. The summed E-state index contributed by atoms with van der Waals surface area (Å²) >= 11 is 0. The van der Waals surface area contributed by atoms with Gasteiger partial charge in [0.05, 0.1) is 5.69 Å². The summed E-state index contributed by atoms with van der Waals surface area (Å²) in [4.78, 5) is 31.1. The number of para-hydroxylation sites is 1. The Kier molecular flexibility index (Phi) is 5.68. The van der Waals surface area contributed by atoms with Crippen LogP contribution in [0.2, 0.25) is 0 Å². The quantitative estimate of drug-likeness (QED) is 0.495. The molecule has 0 radical (unpaired) electrons. The average Bonchev–Trinajstić information content (AvgIpc) is 3.51. The van der Waals surface area contributed by atoms with Crippen LogP contribution in [0.4, 0.5) is 5.69 Å². The van der Waals surface area contributed by atoms with Gasteiger partial charge in [0.15, 0.2) is 5.82 Å². The maximum Gasteiger partial charge on any atom is 0.291 e. The number of nitrogens with one attached hydrogen (secondary N) is 1. The highest BCUT2D eigenvalue weighted by Gasteiger charge is 2.22. The molecule has 33 heavy (non-hydrogen) atoms. The van der Waals surface area contributed by atoms with Crippen molar-refractivity contribution in [1.82, 2.24) is 20.1 Å². The Hall–Kier alpha value is -4.26. The molecule has 0 aliphatic carbocycles. The van der Waals surface area contributed by atoms with Crippen LogP contribution in [0.25, 0.3) is 17.1 Å². The monoisotopic (exact) mass is 437 g/mol. The van der Waals surface area contributed by atoms with Crippen LogP contribution in [0.5, 0.6) is 0 Å². The summed E-state index contributed by atoms with van der Waals surface area (Å²) < 4.78 is 1.69. The molecule has 0 saturated carbocycles. The molecular weight excluding hydrogens is 414 g/mol. The van der Waals surface area contributed by atoms with E-state index in [2.05, 4.69) is 15.4 Å². The van der Waals surface area contributed by atoms with Gasteiger partial charge < -0.3 is 10.2 Å². The summed E-state index contributed by atoms with van der Waals surface area (Å²) in [5.41, 5.74) is 3.53. The first-order chi connectivity index (χ1) is 16.2. The third-order valence-electron chi connectivity index (χ3n) is 5.62. The number of amides is 2. The van der Waals surface area contributed by atoms with E-state index < -0.39 is 0 Å². The number of rotatable bonds is 6. The molecule has 0 spiro atoms. The summed E-state index contributed by atoms with van der Waals surface area (Å²) in [6.45, 7) is 1.10. The first-order valence-electron chi connectivity index (χ1n) is 10.9. The van der Waals surface area contributed by atoms with E-state index in [1.54, 1.807) is 9.58 Å². The SMILES string of the molecule is O=C(NCc1ccc(N2CCCC2=O)cc1)c1nc(-c2ccccc2)n(-c2ccccc2)n1. The molecule has 164 valence electrons. The minimum Gasteiger partial charge on any atom is -0.345 e. The Morgan fingerprint density at radius 1 is 0.879 bits per heavy atom. The van der Waals surface area contributed by atoms with Gasteiger partial charge in [0.1, 0.15) is 0 Å². The topological polar surface area (TPSA) is 80.1 Å². The molecule has 1 fully saturated rings. The molecule has 0 atom stereocenters. The van der Waals surface area contributed by atoms with Crippen LogP contribution in [-0.2, 0) is 11.3 Å². The van der Waals surface area contributed by atoms with E-state index >= 15 is 0 Å². The van der Waals surface area contributed by atoms with E-state index in [0.29, 0.717) is 18.8 Å². The fraction of sp³-hybridized carbons (Fsp3) is 0.154. The summed E-state index contributed by atoms with van der Waals surface area (Å²) in [5.74, 6) is 0.523. The standard InChI is InChI=1S/C26H23N5O2/c32-23-12-7-17-30(23)21-15-13-19(14-16-21)18-27-26(33)24-28-25(20-8-3-1-4-9-20)31(29-24)22-10-5-2-6-11-22/h1-6,8-11,13-16H,7,12,17-18H2,(H,27,33). The van der Waals surface area contributed by atoms with Crippen molar-refractivity contribution in [1.29, 1.82) is 0 Å². The van der Waals surface area contributed by atoms with Gasteiger partial charge in [-0.15, -0.1) is 5.10 Å². The van der Waals surface area contributed by atoms with Gasteiger partial charge >= 0.3 is 0 Å². The van der Waals surface area contributed by atoms with E-state index in [9.17, 15) is 9.59 Å². The Bertz CT molecular complexity index is 1210. The highest BCUT2D eigenvalue weighted by Crippen LogP contribution is 2.22. The van der Waals surface area contributed by atoms with Crippen LogP contribution in [-0.4, -0.2) is 33.1 Å². The Morgan fingerprint density at radius 3 is 2.24 bits per heavy atom. The van der Waals surface area contributed by atoms with E-state index in [1.165, 1.54) is 0 Å². The smallest absolute Gasteiger partial charge is 0.291 e. The Balaban J connectivity index is 1.33. The number of benzene rings is 3. The van der Waals surface area contributed by atoms with Gasteiger partial charge in [-0.2, -0.15) is 0 Å². The lowest BCUT2D eigenvalue weighted by Gasteiger charge is -2.15. The van der Waals surface area contributed by atoms with E-state index in [4.69, 9.17) is 0 Å². The van der Waals surface area contributed by atoms with Gasteiger partial charge in [0.25, 0.3) is 5.91 Å². The molecule has 4 aromatic rings. The number of hydrogen-bond donors (Lipinski definition) is 1. The number of nitrogens with zero attached hydrogens (tertiary/aromatic N) is 4. The molecule has 0 unspecified atom stereocenters. The fourth-order valence-electron chi connectivity index (χ4n) is 3.91. The van der Waals surface area contributed by atoms with Crippen molar-refractivity contribution in [3.05, 3.63) is 96.3 Å². The van der Waals surface area contributed by atoms with Gasteiger partial charge in [-0.25, -0.2) is 9.67 Å². The first-order valence-corrected chi connectivity index (χ1v) is 10.9.